The van der Waals surface area contributed by atoms with Gasteiger partial charge in [0.05, 0.1) is 5.69 Å². The van der Waals surface area contributed by atoms with Crippen molar-refractivity contribution in [2.24, 2.45) is 21.0 Å². The lowest BCUT2D eigenvalue weighted by molar-refractivity contribution is -0.131. The number of benzene rings is 1. The van der Waals surface area contributed by atoms with Crippen LogP contribution < -0.4 is 11.2 Å². The van der Waals surface area contributed by atoms with Gasteiger partial charge < -0.3 is 10.8 Å². The molecule has 9 nitrogen and oxygen atoms in total. The van der Waals surface area contributed by atoms with Crippen molar-refractivity contribution in [1.29, 1.82) is 0 Å². The SMILES string of the molecule is NC1NN2C(=O)C3=C(O)C(Cl)=C(Cl)C(=O)C3=NC2C1N=Nc1ccccc1. The number of rotatable bonds is 2. The Morgan fingerprint density at radius 2 is 1.89 bits per heavy atom. The third-order valence-corrected chi connectivity index (χ3v) is 5.10. The van der Waals surface area contributed by atoms with Gasteiger partial charge in [0.2, 0.25) is 5.78 Å². The van der Waals surface area contributed by atoms with Crippen LogP contribution in [0.2, 0.25) is 0 Å². The van der Waals surface area contributed by atoms with Crippen molar-refractivity contribution in [2.75, 3.05) is 0 Å². The van der Waals surface area contributed by atoms with Gasteiger partial charge in [-0.05, 0) is 12.1 Å². The monoisotopic (exact) mass is 406 g/mol. The number of Topliss-reactive ketones (excluding diaryl/α,β-unsaturated/α-hetero) is 1. The molecule has 3 unspecified atom stereocenters. The summed E-state index contributed by atoms with van der Waals surface area (Å²) in [5.41, 5.74) is 8.76. The van der Waals surface area contributed by atoms with E-state index in [-0.39, 0.29) is 11.3 Å². The third-order valence-electron chi connectivity index (χ3n) is 4.27. The molecule has 0 aromatic heterocycles. The molecule has 11 heteroatoms. The summed E-state index contributed by atoms with van der Waals surface area (Å²) < 4.78 is 0. The maximum Gasteiger partial charge on any atom is 0.276 e. The predicted molar refractivity (Wildman–Crippen MR) is 97.3 cm³/mol. The summed E-state index contributed by atoms with van der Waals surface area (Å²) in [6.07, 6.45) is -1.70. The number of amides is 1. The van der Waals surface area contributed by atoms with Gasteiger partial charge >= 0.3 is 0 Å². The molecule has 0 saturated carbocycles. The minimum atomic E-state index is -0.920. The van der Waals surface area contributed by atoms with Crippen LogP contribution in [0.3, 0.4) is 0 Å². The van der Waals surface area contributed by atoms with Crippen LogP contribution in [0.4, 0.5) is 5.69 Å². The molecule has 1 amide bonds. The zero-order valence-electron chi connectivity index (χ0n) is 13.5. The number of halogens is 2. The zero-order valence-corrected chi connectivity index (χ0v) is 15.0. The molecule has 2 heterocycles. The van der Waals surface area contributed by atoms with Crippen LogP contribution in [0.5, 0.6) is 0 Å². The summed E-state index contributed by atoms with van der Waals surface area (Å²) in [4.78, 5) is 29.4. The molecule has 1 aromatic rings. The Labute approximate surface area is 162 Å². The summed E-state index contributed by atoms with van der Waals surface area (Å²) in [7, 11) is 0. The molecule has 3 aliphatic rings. The van der Waals surface area contributed by atoms with E-state index >= 15 is 0 Å². The van der Waals surface area contributed by atoms with E-state index in [1.54, 1.807) is 24.3 Å². The molecule has 27 heavy (non-hydrogen) atoms. The molecule has 0 spiro atoms. The Morgan fingerprint density at radius 1 is 1.19 bits per heavy atom. The molecule has 4 rings (SSSR count). The lowest BCUT2D eigenvalue weighted by Crippen LogP contribution is -2.51. The second kappa shape index (κ2) is 6.54. The minimum absolute atomic E-state index is 0.274. The highest BCUT2D eigenvalue weighted by Crippen LogP contribution is 2.35. The Kier molecular flexibility index (Phi) is 4.31. The fourth-order valence-corrected chi connectivity index (χ4v) is 3.30. The van der Waals surface area contributed by atoms with Crippen molar-refractivity contribution in [3.63, 3.8) is 0 Å². The molecular weight excluding hydrogens is 395 g/mol. The van der Waals surface area contributed by atoms with E-state index < -0.39 is 45.9 Å². The van der Waals surface area contributed by atoms with Crippen LogP contribution in [-0.4, -0.2) is 45.9 Å². The smallest absolute Gasteiger partial charge is 0.276 e. The third kappa shape index (κ3) is 2.76. The number of azo groups is 1. The standard InChI is InChI=1S/C16H12Cl2N6O3/c17-8-9(18)13(26)10-7(12(8)25)16(27)24-15(20-10)11(14(19)23-24)22-21-6-4-2-1-3-5-6/h1-5,11,14-15,23,25H,19H2. The van der Waals surface area contributed by atoms with Gasteiger partial charge in [0.15, 0.2) is 11.9 Å². The Morgan fingerprint density at radius 3 is 2.59 bits per heavy atom. The van der Waals surface area contributed by atoms with Crippen LogP contribution in [0.25, 0.3) is 0 Å². The number of nitrogens with two attached hydrogens (primary N) is 1. The molecular formula is C16H12Cl2N6O3. The van der Waals surface area contributed by atoms with Crippen LogP contribution in [0, 0.1) is 0 Å². The van der Waals surface area contributed by atoms with E-state index in [0.717, 1.165) is 5.01 Å². The van der Waals surface area contributed by atoms with Crippen molar-refractivity contribution >= 4 is 46.3 Å². The summed E-state index contributed by atoms with van der Waals surface area (Å²) in [5.74, 6) is -2.05. The van der Waals surface area contributed by atoms with Crippen LogP contribution >= 0.6 is 23.2 Å². The average molecular weight is 407 g/mol. The topological polar surface area (TPSA) is 133 Å². The highest BCUT2D eigenvalue weighted by Gasteiger charge is 2.51. The number of allylic oxidation sites excluding steroid dienone is 2. The number of aliphatic hydroxyl groups excluding tert-OH is 1. The lowest BCUT2D eigenvalue weighted by Gasteiger charge is -2.30. The molecule has 0 radical (unpaired) electrons. The van der Waals surface area contributed by atoms with Crippen LogP contribution in [0.1, 0.15) is 0 Å². The van der Waals surface area contributed by atoms with Crippen LogP contribution in [0.15, 0.2) is 66.9 Å². The molecule has 2 aliphatic heterocycles. The number of hydrogen-bond acceptors (Lipinski definition) is 8. The largest absolute Gasteiger partial charge is 0.505 e. The fraction of sp³-hybridized carbons (Fsp3) is 0.188. The maximum atomic E-state index is 12.8. The van der Waals surface area contributed by atoms with Gasteiger partial charge in [0.25, 0.3) is 5.91 Å². The van der Waals surface area contributed by atoms with Gasteiger partial charge in [0.1, 0.15) is 33.6 Å². The number of fused-ring (bicyclic) bond motifs is 2. The quantitative estimate of drug-likeness (QED) is 0.506. The Balaban J connectivity index is 1.75. The molecule has 4 N–H and O–H groups in total. The number of aliphatic hydroxyl groups is 1. The second-order valence-electron chi connectivity index (χ2n) is 5.94. The zero-order chi connectivity index (χ0) is 19.3. The Hall–Kier alpha value is -2.59. The van der Waals surface area contributed by atoms with Gasteiger partial charge in [-0.3, -0.25) is 14.6 Å². The van der Waals surface area contributed by atoms with Gasteiger partial charge in [-0.15, -0.1) is 0 Å². The first kappa shape index (κ1) is 17.8. The van der Waals surface area contributed by atoms with E-state index in [1.165, 1.54) is 0 Å². The molecule has 1 aromatic carbocycles. The molecule has 1 aliphatic carbocycles. The van der Waals surface area contributed by atoms with Gasteiger partial charge in [0, 0.05) is 0 Å². The maximum absolute atomic E-state index is 12.8. The summed E-state index contributed by atoms with van der Waals surface area (Å²) >= 11 is 11.7. The normalized spacial score (nSPS) is 28.0. The first-order valence-electron chi connectivity index (χ1n) is 7.83. The number of nitrogens with one attached hydrogen (secondary N) is 1. The first-order valence-corrected chi connectivity index (χ1v) is 8.58. The minimum Gasteiger partial charge on any atom is -0.505 e. The van der Waals surface area contributed by atoms with Crippen molar-refractivity contribution < 1.29 is 14.7 Å². The predicted octanol–water partition coefficient (Wildman–Crippen LogP) is 1.64. The van der Waals surface area contributed by atoms with Crippen molar-refractivity contribution in [3.05, 3.63) is 51.7 Å². The number of nitrogens with zero attached hydrogens (tertiary/aromatic N) is 4. The average Bonchev–Trinajstić information content (AvgIpc) is 2.99. The van der Waals surface area contributed by atoms with E-state index in [2.05, 4.69) is 20.6 Å². The molecule has 1 fully saturated rings. The van der Waals surface area contributed by atoms with E-state index in [1.807, 2.05) is 6.07 Å². The summed E-state index contributed by atoms with van der Waals surface area (Å²) in [5, 5.41) is 18.8. The highest BCUT2D eigenvalue weighted by atomic mass is 35.5. The van der Waals surface area contributed by atoms with Gasteiger partial charge in [-0.25, -0.2) is 10.4 Å². The lowest BCUT2D eigenvalue weighted by atomic mass is 9.96. The highest BCUT2D eigenvalue weighted by molar-refractivity contribution is 6.68. The molecule has 0 bridgehead atoms. The van der Waals surface area contributed by atoms with E-state index in [0.29, 0.717) is 5.69 Å². The summed E-state index contributed by atoms with van der Waals surface area (Å²) in [6.45, 7) is 0. The molecule has 1 saturated heterocycles. The summed E-state index contributed by atoms with van der Waals surface area (Å²) in [6, 6.07) is 8.20. The Bertz CT molecular complexity index is 972. The first-order chi connectivity index (χ1) is 12.9. The molecule has 138 valence electrons. The number of carbonyl (C=O) groups is 2. The van der Waals surface area contributed by atoms with Crippen LogP contribution in [-0.2, 0) is 9.59 Å². The van der Waals surface area contributed by atoms with Gasteiger partial charge in [-0.1, -0.05) is 41.4 Å². The van der Waals surface area contributed by atoms with Gasteiger partial charge in [-0.2, -0.15) is 10.2 Å². The number of hydrazine groups is 1. The van der Waals surface area contributed by atoms with E-state index in [4.69, 9.17) is 28.9 Å². The van der Waals surface area contributed by atoms with Crippen molar-refractivity contribution in [3.8, 4) is 0 Å². The number of hydrogen-bond donors (Lipinski definition) is 3. The van der Waals surface area contributed by atoms with Crippen molar-refractivity contribution in [2.45, 2.75) is 18.4 Å². The second-order valence-corrected chi connectivity index (χ2v) is 6.70. The molecule has 3 atom stereocenters. The number of aliphatic imine (C=N–C) groups is 1. The number of carbonyl (C=O) groups excluding carboxylic acids is 2. The fourth-order valence-electron chi connectivity index (χ4n) is 2.95. The van der Waals surface area contributed by atoms with Crippen molar-refractivity contribution in [1.82, 2.24) is 10.4 Å². The van der Waals surface area contributed by atoms with E-state index in [9.17, 15) is 14.7 Å². The number of ketones is 1.